The molecule has 3 heteroatoms. The second-order valence-corrected chi connectivity index (χ2v) is 2.65. The molecule has 1 radical (unpaired) electrons. The molecular weight excluding hydrogens is 164 g/mol. The molecule has 0 aliphatic heterocycles. The van der Waals surface area contributed by atoms with E-state index in [1.165, 1.54) is 0 Å². The predicted octanol–water partition coefficient (Wildman–Crippen LogP) is 2.10. The van der Waals surface area contributed by atoms with Gasteiger partial charge in [-0.3, -0.25) is 0 Å². The molecule has 0 fully saturated rings. The second kappa shape index (κ2) is 3.39. The fourth-order valence-electron chi connectivity index (χ4n) is 1.04. The maximum absolute atomic E-state index is 5.38. The summed E-state index contributed by atoms with van der Waals surface area (Å²) in [7, 11) is 0. The van der Waals surface area contributed by atoms with Crippen molar-refractivity contribution in [1.29, 1.82) is 0 Å². The van der Waals surface area contributed by atoms with E-state index in [1.54, 1.807) is 0 Å². The van der Waals surface area contributed by atoms with E-state index in [1.807, 2.05) is 31.2 Å². The van der Waals surface area contributed by atoms with Gasteiger partial charge >= 0.3 is 0 Å². The molecule has 0 aliphatic rings. The molecule has 0 aliphatic carbocycles. The first-order valence-electron chi connectivity index (χ1n) is 4.19. The van der Waals surface area contributed by atoms with Gasteiger partial charge in [0.2, 0.25) is 11.8 Å². The van der Waals surface area contributed by atoms with Crippen molar-refractivity contribution in [3.05, 3.63) is 36.2 Å². The minimum Gasteiger partial charge on any atom is -0.421 e. The maximum Gasteiger partial charge on any atom is 0.247 e. The molecule has 65 valence electrons. The molecule has 0 N–H and O–H groups in total. The third kappa shape index (κ3) is 1.59. The molecule has 13 heavy (non-hydrogen) atoms. The number of nitrogens with zero attached hydrogens (tertiary/aromatic N) is 2. The zero-order valence-corrected chi connectivity index (χ0v) is 7.32. The summed E-state index contributed by atoms with van der Waals surface area (Å²) in [6.07, 6.45) is 0.767. The molecule has 0 saturated carbocycles. The number of hydrogen-bond donors (Lipinski definition) is 0. The van der Waals surface area contributed by atoms with Crippen LogP contribution in [-0.2, 0) is 6.42 Å². The predicted molar refractivity (Wildman–Crippen MR) is 47.9 cm³/mol. The molecule has 0 atom stereocenters. The van der Waals surface area contributed by atoms with Crippen molar-refractivity contribution in [3.63, 3.8) is 0 Å². The van der Waals surface area contributed by atoms with Crippen LogP contribution in [0.15, 0.2) is 28.7 Å². The van der Waals surface area contributed by atoms with Crippen molar-refractivity contribution in [2.45, 2.75) is 13.3 Å². The lowest BCUT2D eigenvalue weighted by Gasteiger charge is -1.90. The van der Waals surface area contributed by atoms with Crippen LogP contribution in [0, 0.1) is 6.07 Å². The Labute approximate surface area is 76.4 Å². The molecule has 0 amide bonds. The lowest BCUT2D eigenvalue weighted by atomic mass is 10.2. The molecule has 1 heterocycles. The molecule has 2 rings (SSSR count). The third-order valence-electron chi connectivity index (χ3n) is 1.72. The molecule has 3 nitrogen and oxygen atoms in total. The van der Waals surface area contributed by atoms with Crippen LogP contribution in [0.5, 0.6) is 0 Å². The maximum atomic E-state index is 5.38. The first-order chi connectivity index (χ1) is 6.40. The van der Waals surface area contributed by atoms with Gasteiger partial charge in [-0.1, -0.05) is 19.1 Å². The summed E-state index contributed by atoms with van der Waals surface area (Å²) in [6.45, 7) is 1.98. The highest BCUT2D eigenvalue weighted by atomic mass is 16.4. The highest BCUT2D eigenvalue weighted by Gasteiger charge is 2.05. The van der Waals surface area contributed by atoms with Gasteiger partial charge < -0.3 is 4.42 Å². The normalized spacial score (nSPS) is 10.2. The second-order valence-electron chi connectivity index (χ2n) is 2.65. The Morgan fingerprint density at radius 1 is 1.46 bits per heavy atom. The Kier molecular flexibility index (Phi) is 2.08. The van der Waals surface area contributed by atoms with Crippen LogP contribution >= 0.6 is 0 Å². The SMILES string of the molecule is CCc1nnc(-c2c[c]ccc2)o1. The van der Waals surface area contributed by atoms with Gasteiger partial charge in [0.25, 0.3) is 0 Å². The van der Waals surface area contributed by atoms with Crippen molar-refractivity contribution in [3.8, 4) is 11.5 Å². The minimum atomic E-state index is 0.564. The summed E-state index contributed by atoms with van der Waals surface area (Å²) >= 11 is 0. The van der Waals surface area contributed by atoms with Crippen LogP contribution in [0.1, 0.15) is 12.8 Å². The standard InChI is InChI=1S/C10H9N2O/c1-2-9-11-12-10(13-9)8-6-4-3-5-7-8/h3-4,6-7H,2H2,1H3. The fraction of sp³-hybridized carbons (Fsp3) is 0.200. The fourth-order valence-corrected chi connectivity index (χ4v) is 1.04. The lowest BCUT2D eigenvalue weighted by Crippen LogP contribution is -1.76. The summed E-state index contributed by atoms with van der Waals surface area (Å²) < 4.78 is 5.38. The van der Waals surface area contributed by atoms with Crippen molar-refractivity contribution < 1.29 is 4.42 Å². The first kappa shape index (κ1) is 7.98. The molecule has 0 bridgehead atoms. The van der Waals surface area contributed by atoms with E-state index in [-0.39, 0.29) is 0 Å². The smallest absolute Gasteiger partial charge is 0.247 e. The number of hydrogen-bond acceptors (Lipinski definition) is 3. The van der Waals surface area contributed by atoms with Gasteiger partial charge in [-0.2, -0.15) is 0 Å². The molecule has 2 aromatic rings. The van der Waals surface area contributed by atoms with E-state index in [9.17, 15) is 0 Å². The molecule has 0 spiro atoms. The van der Waals surface area contributed by atoms with E-state index in [0.29, 0.717) is 11.8 Å². The highest BCUT2D eigenvalue weighted by molar-refractivity contribution is 5.51. The summed E-state index contributed by atoms with van der Waals surface area (Å²) in [4.78, 5) is 0. The number of aromatic nitrogens is 2. The summed E-state index contributed by atoms with van der Waals surface area (Å²) in [5.74, 6) is 1.23. The molecule has 0 saturated heterocycles. The molecule has 1 aromatic carbocycles. The van der Waals surface area contributed by atoms with Gasteiger partial charge in [0.1, 0.15) is 0 Å². The zero-order valence-electron chi connectivity index (χ0n) is 7.32. The minimum absolute atomic E-state index is 0.564. The van der Waals surface area contributed by atoms with Gasteiger partial charge in [-0.15, -0.1) is 10.2 Å². The van der Waals surface area contributed by atoms with Gasteiger partial charge in [0, 0.05) is 12.0 Å². The third-order valence-corrected chi connectivity index (χ3v) is 1.72. The van der Waals surface area contributed by atoms with Crippen LogP contribution < -0.4 is 0 Å². The van der Waals surface area contributed by atoms with Gasteiger partial charge in [-0.05, 0) is 18.2 Å². The van der Waals surface area contributed by atoms with Crippen molar-refractivity contribution in [1.82, 2.24) is 10.2 Å². The number of rotatable bonds is 2. The van der Waals surface area contributed by atoms with Crippen LogP contribution in [0.3, 0.4) is 0 Å². The number of benzene rings is 1. The van der Waals surface area contributed by atoms with E-state index >= 15 is 0 Å². The van der Waals surface area contributed by atoms with E-state index in [4.69, 9.17) is 4.42 Å². The van der Waals surface area contributed by atoms with Gasteiger partial charge in [-0.25, -0.2) is 0 Å². The van der Waals surface area contributed by atoms with E-state index in [2.05, 4.69) is 16.3 Å². The first-order valence-corrected chi connectivity index (χ1v) is 4.19. The Balaban J connectivity index is 2.36. The summed E-state index contributed by atoms with van der Waals surface area (Å²) in [5, 5.41) is 7.80. The van der Waals surface area contributed by atoms with Crippen LogP contribution in [0.25, 0.3) is 11.5 Å². The van der Waals surface area contributed by atoms with Crippen molar-refractivity contribution in [2.75, 3.05) is 0 Å². The average Bonchev–Trinajstić information content (AvgIpc) is 2.67. The molecular formula is C10H9N2O. The monoisotopic (exact) mass is 173 g/mol. The van der Waals surface area contributed by atoms with Crippen LogP contribution in [-0.4, -0.2) is 10.2 Å². The van der Waals surface area contributed by atoms with E-state index in [0.717, 1.165) is 12.0 Å². The average molecular weight is 173 g/mol. The van der Waals surface area contributed by atoms with E-state index < -0.39 is 0 Å². The summed E-state index contributed by atoms with van der Waals surface area (Å²) in [6, 6.07) is 10.4. The van der Waals surface area contributed by atoms with Crippen LogP contribution in [0.4, 0.5) is 0 Å². The van der Waals surface area contributed by atoms with Crippen molar-refractivity contribution in [2.24, 2.45) is 0 Å². The number of aryl methyl sites for hydroxylation is 1. The quantitative estimate of drug-likeness (QED) is 0.698. The van der Waals surface area contributed by atoms with Gasteiger partial charge in [0.15, 0.2) is 0 Å². The Hall–Kier alpha value is -1.64. The van der Waals surface area contributed by atoms with Crippen molar-refractivity contribution >= 4 is 0 Å². The highest BCUT2D eigenvalue weighted by Crippen LogP contribution is 2.16. The van der Waals surface area contributed by atoms with Gasteiger partial charge in [0.05, 0.1) is 0 Å². The Morgan fingerprint density at radius 3 is 3.00 bits per heavy atom. The molecule has 1 aromatic heterocycles. The zero-order chi connectivity index (χ0) is 9.10. The summed E-state index contributed by atoms with van der Waals surface area (Å²) in [5.41, 5.74) is 0.912. The largest absolute Gasteiger partial charge is 0.421 e. The Morgan fingerprint density at radius 2 is 2.38 bits per heavy atom. The topological polar surface area (TPSA) is 38.9 Å². The lowest BCUT2D eigenvalue weighted by molar-refractivity contribution is 0.513. The molecule has 0 unspecified atom stereocenters. The Bertz CT molecular complexity index is 381. The van der Waals surface area contributed by atoms with Crippen LogP contribution in [0.2, 0.25) is 0 Å².